The zero-order valence-electron chi connectivity index (χ0n) is 11.4. The normalized spacial score (nSPS) is 19.5. The smallest absolute Gasteiger partial charge is 0.257 e. The van der Waals surface area contributed by atoms with E-state index in [2.05, 4.69) is 0 Å². The largest absolute Gasteiger partial charge is 0.507 e. The Morgan fingerprint density at radius 2 is 2.32 bits per heavy atom. The van der Waals surface area contributed by atoms with Crippen molar-refractivity contribution < 1.29 is 9.90 Å². The first-order chi connectivity index (χ1) is 9.13. The van der Waals surface area contributed by atoms with Crippen molar-refractivity contribution in [2.45, 2.75) is 26.2 Å². The van der Waals surface area contributed by atoms with Gasteiger partial charge in [-0.3, -0.25) is 4.79 Å². The maximum atomic E-state index is 12.5. The first-order valence-corrected chi connectivity index (χ1v) is 6.91. The van der Waals surface area contributed by atoms with Gasteiger partial charge in [0.1, 0.15) is 5.75 Å². The maximum Gasteiger partial charge on any atom is 0.257 e. The zero-order chi connectivity index (χ0) is 13.8. The summed E-state index contributed by atoms with van der Waals surface area (Å²) in [6, 6.07) is 5.31. The molecule has 1 heterocycles. The third kappa shape index (κ3) is 3.07. The average molecular weight is 262 g/mol. The third-order valence-corrected chi connectivity index (χ3v) is 3.85. The molecule has 1 unspecified atom stereocenters. The molecule has 1 aromatic rings. The molecule has 1 aliphatic heterocycles. The molecule has 1 saturated heterocycles. The van der Waals surface area contributed by atoms with E-state index >= 15 is 0 Å². The van der Waals surface area contributed by atoms with Crippen LogP contribution in [0, 0.1) is 12.8 Å². The van der Waals surface area contributed by atoms with Crippen molar-refractivity contribution in [1.82, 2.24) is 4.90 Å². The van der Waals surface area contributed by atoms with Crippen LogP contribution in [0.15, 0.2) is 18.2 Å². The molecule has 1 aliphatic rings. The van der Waals surface area contributed by atoms with Crippen LogP contribution in [0.2, 0.25) is 0 Å². The second kappa shape index (κ2) is 6.06. The highest BCUT2D eigenvalue weighted by Crippen LogP contribution is 2.26. The zero-order valence-corrected chi connectivity index (χ0v) is 11.4. The van der Waals surface area contributed by atoms with Crippen molar-refractivity contribution in [3.8, 4) is 5.75 Å². The summed E-state index contributed by atoms with van der Waals surface area (Å²) >= 11 is 0. The van der Waals surface area contributed by atoms with Gasteiger partial charge >= 0.3 is 0 Å². The molecule has 0 aliphatic carbocycles. The quantitative estimate of drug-likeness (QED) is 0.874. The Bertz CT molecular complexity index is 457. The SMILES string of the molecule is Cc1cccc(C(=O)N2CCCC(CCN)C2)c1O. The predicted octanol–water partition coefficient (Wildman–Crippen LogP) is 1.90. The van der Waals surface area contributed by atoms with E-state index in [9.17, 15) is 9.90 Å². The summed E-state index contributed by atoms with van der Waals surface area (Å²) in [6.07, 6.45) is 3.12. The molecule has 104 valence electrons. The Morgan fingerprint density at radius 1 is 1.53 bits per heavy atom. The van der Waals surface area contributed by atoms with Crippen LogP contribution >= 0.6 is 0 Å². The fraction of sp³-hybridized carbons (Fsp3) is 0.533. The van der Waals surface area contributed by atoms with E-state index in [0.29, 0.717) is 18.0 Å². The number of amides is 1. The Labute approximate surface area is 114 Å². The van der Waals surface area contributed by atoms with Crippen LogP contribution in [0.1, 0.15) is 35.2 Å². The number of hydrogen-bond acceptors (Lipinski definition) is 3. The second-order valence-electron chi connectivity index (χ2n) is 5.31. The maximum absolute atomic E-state index is 12.5. The molecule has 2 rings (SSSR count). The van der Waals surface area contributed by atoms with Gasteiger partial charge in [-0.1, -0.05) is 12.1 Å². The van der Waals surface area contributed by atoms with Crippen molar-refractivity contribution in [3.05, 3.63) is 29.3 Å². The number of para-hydroxylation sites is 1. The molecular weight excluding hydrogens is 240 g/mol. The molecule has 0 bridgehead atoms. The monoisotopic (exact) mass is 262 g/mol. The summed E-state index contributed by atoms with van der Waals surface area (Å²) in [7, 11) is 0. The van der Waals surface area contributed by atoms with Gasteiger partial charge in [0.25, 0.3) is 5.91 Å². The summed E-state index contributed by atoms with van der Waals surface area (Å²) in [5.41, 5.74) is 6.74. The van der Waals surface area contributed by atoms with Crippen LogP contribution in [-0.4, -0.2) is 35.5 Å². The molecule has 1 amide bonds. The van der Waals surface area contributed by atoms with Gasteiger partial charge < -0.3 is 15.7 Å². The van der Waals surface area contributed by atoms with E-state index in [1.165, 1.54) is 0 Å². The number of piperidine rings is 1. The van der Waals surface area contributed by atoms with E-state index in [4.69, 9.17) is 5.73 Å². The molecule has 4 nitrogen and oxygen atoms in total. The third-order valence-electron chi connectivity index (χ3n) is 3.85. The van der Waals surface area contributed by atoms with Crippen molar-refractivity contribution in [2.24, 2.45) is 11.7 Å². The fourth-order valence-electron chi connectivity index (χ4n) is 2.72. The molecule has 19 heavy (non-hydrogen) atoms. The van der Waals surface area contributed by atoms with E-state index < -0.39 is 0 Å². The van der Waals surface area contributed by atoms with Crippen molar-refractivity contribution in [3.63, 3.8) is 0 Å². The van der Waals surface area contributed by atoms with Crippen LogP contribution < -0.4 is 5.73 Å². The minimum Gasteiger partial charge on any atom is -0.507 e. The summed E-state index contributed by atoms with van der Waals surface area (Å²) < 4.78 is 0. The van der Waals surface area contributed by atoms with Crippen molar-refractivity contribution >= 4 is 5.91 Å². The number of aryl methyl sites for hydroxylation is 1. The highest BCUT2D eigenvalue weighted by Gasteiger charge is 2.25. The van der Waals surface area contributed by atoms with Gasteiger partial charge in [0.15, 0.2) is 0 Å². The predicted molar refractivity (Wildman–Crippen MR) is 75.1 cm³/mol. The van der Waals surface area contributed by atoms with Crippen molar-refractivity contribution in [1.29, 1.82) is 0 Å². The molecule has 0 spiro atoms. The summed E-state index contributed by atoms with van der Waals surface area (Å²) in [5, 5.41) is 10.0. The van der Waals surface area contributed by atoms with E-state index in [-0.39, 0.29) is 11.7 Å². The van der Waals surface area contributed by atoms with E-state index in [0.717, 1.165) is 37.9 Å². The van der Waals surface area contributed by atoms with Crippen LogP contribution in [-0.2, 0) is 0 Å². The number of nitrogens with zero attached hydrogens (tertiary/aromatic N) is 1. The highest BCUT2D eigenvalue weighted by molar-refractivity contribution is 5.97. The Kier molecular flexibility index (Phi) is 4.43. The lowest BCUT2D eigenvalue weighted by Crippen LogP contribution is -2.40. The molecule has 0 saturated carbocycles. The lowest BCUT2D eigenvalue weighted by atomic mass is 9.94. The van der Waals surface area contributed by atoms with Crippen LogP contribution in [0.25, 0.3) is 0 Å². The molecule has 1 atom stereocenters. The number of benzene rings is 1. The molecule has 0 radical (unpaired) electrons. The van der Waals surface area contributed by atoms with Crippen LogP contribution in [0.4, 0.5) is 0 Å². The Hall–Kier alpha value is -1.55. The van der Waals surface area contributed by atoms with Gasteiger partial charge in [0, 0.05) is 13.1 Å². The van der Waals surface area contributed by atoms with Gasteiger partial charge in [0.05, 0.1) is 5.56 Å². The number of likely N-dealkylation sites (tertiary alicyclic amines) is 1. The number of phenolic OH excluding ortho intramolecular Hbond substituents is 1. The molecule has 1 fully saturated rings. The lowest BCUT2D eigenvalue weighted by molar-refractivity contribution is 0.0666. The molecule has 0 aromatic heterocycles. The molecular formula is C15H22N2O2. The van der Waals surface area contributed by atoms with Crippen LogP contribution in [0.3, 0.4) is 0 Å². The van der Waals surface area contributed by atoms with Gasteiger partial charge in [-0.2, -0.15) is 0 Å². The minimum absolute atomic E-state index is 0.0667. The number of carbonyl (C=O) groups is 1. The Balaban J connectivity index is 2.12. The number of carbonyl (C=O) groups excluding carboxylic acids is 1. The average Bonchev–Trinajstić information content (AvgIpc) is 2.42. The number of nitrogens with two attached hydrogens (primary N) is 1. The van der Waals surface area contributed by atoms with Gasteiger partial charge in [-0.25, -0.2) is 0 Å². The van der Waals surface area contributed by atoms with Gasteiger partial charge in [-0.15, -0.1) is 0 Å². The summed E-state index contributed by atoms with van der Waals surface area (Å²) in [4.78, 5) is 14.3. The number of phenols is 1. The fourth-order valence-corrected chi connectivity index (χ4v) is 2.72. The molecule has 4 heteroatoms. The molecule has 1 aromatic carbocycles. The minimum atomic E-state index is -0.0667. The standard InChI is InChI=1S/C15H22N2O2/c1-11-4-2-6-13(14(11)18)15(19)17-9-3-5-12(10-17)7-8-16/h2,4,6,12,18H,3,5,7-10,16H2,1H3. The van der Waals surface area contributed by atoms with E-state index in [1.54, 1.807) is 19.1 Å². The summed E-state index contributed by atoms with van der Waals surface area (Å²) in [6.45, 7) is 4.00. The lowest BCUT2D eigenvalue weighted by Gasteiger charge is -2.33. The first-order valence-electron chi connectivity index (χ1n) is 6.91. The van der Waals surface area contributed by atoms with E-state index in [1.807, 2.05) is 11.0 Å². The second-order valence-corrected chi connectivity index (χ2v) is 5.31. The number of aromatic hydroxyl groups is 1. The molecule has 3 N–H and O–H groups in total. The highest BCUT2D eigenvalue weighted by atomic mass is 16.3. The number of hydrogen-bond donors (Lipinski definition) is 2. The first kappa shape index (κ1) is 13.9. The van der Waals surface area contributed by atoms with Gasteiger partial charge in [-0.05, 0) is 50.3 Å². The Morgan fingerprint density at radius 3 is 3.05 bits per heavy atom. The van der Waals surface area contributed by atoms with Gasteiger partial charge in [0.2, 0.25) is 0 Å². The summed E-state index contributed by atoms with van der Waals surface area (Å²) in [5.74, 6) is 0.533. The van der Waals surface area contributed by atoms with Crippen LogP contribution in [0.5, 0.6) is 5.75 Å². The van der Waals surface area contributed by atoms with Crippen molar-refractivity contribution in [2.75, 3.05) is 19.6 Å². The number of rotatable bonds is 3. The topological polar surface area (TPSA) is 66.6 Å².